The van der Waals surface area contributed by atoms with E-state index in [4.69, 9.17) is 12.2 Å². The van der Waals surface area contributed by atoms with Crippen LogP contribution in [0.1, 0.15) is 25.8 Å². The summed E-state index contributed by atoms with van der Waals surface area (Å²) in [4.78, 5) is 0. The number of thiocarbonyl (C=S) groups is 1. The molecule has 0 unspecified atom stereocenters. The highest BCUT2D eigenvalue weighted by molar-refractivity contribution is 7.80. The van der Waals surface area contributed by atoms with Gasteiger partial charge in [0.1, 0.15) is 0 Å². The lowest BCUT2D eigenvalue weighted by Crippen LogP contribution is -2.35. The molecule has 1 aromatic rings. The van der Waals surface area contributed by atoms with Gasteiger partial charge < -0.3 is 10.6 Å². The second kappa shape index (κ2) is 5.71. The Morgan fingerprint density at radius 1 is 1.47 bits per heavy atom. The zero-order valence-electron chi connectivity index (χ0n) is 9.50. The second-order valence-corrected chi connectivity index (χ2v) is 4.19. The number of rotatable bonds is 3. The summed E-state index contributed by atoms with van der Waals surface area (Å²) >= 11 is 5.20. The van der Waals surface area contributed by atoms with Crippen molar-refractivity contribution in [1.29, 1.82) is 0 Å². The van der Waals surface area contributed by atoms with Gasteiger partial charge in [-0.05, 0) is 50.2 Å². The fourth-order valence-corrected chi connectivity index (χ4v) is 1.53. The van der Waals surface area contributed by atoms with Crippen LogP contribution in [0.3, 0.4) is 0 Å². The molecule has 1 rings (SSSR count). The normalized spacial score (nSPS) is 11.9. The molecular formula is C12H18N2S. The summed E-state index contributed by atoms with van der Waals surface area (Å²) in [5.41, 5.74) is 2.27. The van der Waals surface area contributed by atoms with Gasteiger partial charge in [-0.2, -0.15) is 0 Å². The molecule has 0 amide bonds. The van der Waals surface area contributed by atoms with Crippen molar-refractivity contribution in [1.82, 2.24) is 5.32 Å². The molecule has 0 aliphatic rings. The molecule has 0 aliphatic carbocycles. The minimum Gasteiger partial charge on any atom is -0.360 e. The van der Waals surface area contributed by atoms with Crippen molar-refractivity contribution in [2.75, 3.05) is 5.32 Å². The van der Waals surface area contributed by atoms with Crippen LogP contribution < -0.4 is 10.6 Å². The molecule has 0 fully saturated rings. The fourth-order valence-electron chi connectivity index (χ4n) is 1.22. The Balaban J connectivity index is 2.51. The lowest BCUT2D eigenvalue weighted by atomic mass is 10.2. The van der Waals surface area contributed by atoms with Gasteiger partial charge in [-0.15, -0.1) is 0 Å². The molecule has 1 aromatic carbocycles. The minimum atomic E-state index is 0.412. The van der Waals surface area contributed by atoms with E-state index in [1.807, 2.05) is 12.1 Å². The van der Waals surface area contributed by atoms with Crippen LogP contribution in [0.2, 0.25) is 0 Å². The molecule has 2 nitrogen and oxygen atoms in total. The van der Waals surface area contributed by atoms with E-state index in [1.165, 1.54) is 5.56 Å². The van der Waals surface area contributed by atoms with Crippen LogP contribution in [-0.4, -0.2) is 11.2 Å². The Labute approximate surface area is 97.1 Å². The van der Waals surface area contributed by atoms with Gasteiger partial charge in [0.05, 0.1) is 0 Å². The van der Waals surface area contributed by atoms with Crippen molar-refractivity contribution >= 4 is 23.0 Å². The Kier molecular flexibility index (Phi) is 4.56. The van der Waals surface area contributed by atoms with E-state index in [-0.39, 0.29) is 0 Å². The number of hydrogen-bond acceptors (Lipinski definition) is 1. The molecule has 15 heavy (non-hydrogen) atoms. The van der Waals surface area contributed by atoms with Crippen LogP contribution in [0.5, 0.6) is 0 Å². The summed E-state index contributed by atoms with van der Waals surface area (Å²) in [6.45, 7) is 6.31. The molecule has 0 saturated heterocycles. The highest BCUT2D eigenvalue weighted by atomic mass is 32.1. The average molecular weight is 222 g/mol. The Bertz CT molecular complexity index is 336. The van der Waals surface area contributed by atoms with Gasteiger partial charge in [0, 0.05) is 11.7 Å². The molecule has 1 atom stereocenters. The number of hydrogen-bond donors (Lipinski definition) is 2. The summed E-state index contributed by atoms with van der Waals surface area (Å²) in [6.07, 6.45) is 1.07. The third-order valence-electron chi connectivity index (χ3n) is 2.27. The van der Waals surface area contributed by atoms with Gasteiger partial charge in [-0.25, -0.2) is 0 Å². The molecule has 82 valence electrons. The predicted octanol–water partition coefficient (Wildman–Crippen LogP) is 3.08. The predicted molar refractivity (Wildman–Crippen MR) is 70.3 cm³/mol. The van der Waals surface area contributed by atoms with Crippen molar-refractivity contribution in [3.8, 4) is 0 Å². The summed E-state index contributed by atoms with van der Waals surface area (Å²) in [5.74, 6) is 0. The van der Waals surface area contributed by atoms with Gasteiger partial charge in [0.25, 0.3) is 0 Å². The third kappa shape index (κ3) is 4.30. The smallest absolute Gasteiger partial charge is 0.170 e. The van der Waals surface area contributed by atoms with Crippen LogP contribution in [0.25, 0.3) is 0 Å². The molecule has 0 saturated carbocycles. The van der Waals surface area contributed by atoms with Crippen LogP contribution in [0.15, 0.2) is 24.3 Å². The minimum absolute atomic E-state index is 0.412. The first-order valence-electron chi connectivity index (χ1n) is 5.26. The summed E-state index contributed by atoms with van der Waals surface area (Å²) in [6, 6.07) is 8.58. The zero-order valence-corrected chi connectivity index (χ0v) is 10.3. The van der Waals surface area contributed by atoms with Gasteiger partial charge in [0.2, 0.25) is 0 Å². The van der Waals surface area contributed by atoms with Crippen molar-refractivity contribution in [2.24, 2.45) is 0 Å². The third-order valence-corrected chi connectivity index (χ3v) is 2.49. The van der Waals surface area contributed by atoms with Gasteiger partial charge in [-0.3, -0.25) is 0 Å². The number of nitrogens with one attached hydrogen (secondary N) is 2. The molecule has 0 aromatic heterocycles. The Morgan fingerprint density at radius 3 is 2.80 bits per heavy atom. The van der Waals surface area contributed by atoms with Crippen molar-refractivity contribution < 1.29 is 0 Å². The largest absolute Gasteiger partial charge is 0.360 e. The molecule has 0 spiro atoms. The molecule has 0 heterocycles. The molecule has 3 heteroatoms. The fraction of sp³-hybridized carbons (Fsp3) is 0.417. The number of benzene rings is 1. The van der Waals surface area contributed by atoms with Gasteiger partial charge in [0.15, 0.2) is 5.11 Å². The lowest BCUT2D eigenvalue weighted by molar-refractivity contribution is 0.646. The Hall–Kier alpha value is -1.09. The molecule has 2 N–H and O–H groups in total. The summed E-state index contributed by atoms with van der Waals surface area (Å²) in [7, 11) is 0. The second-order valence-electron chi connectivity index (χ2n) is 3.78. The SMILES string of the molecule is CC[C@H](C)NC(=S)Nc1cccc(C)c1. The maximum Gasteiger partial charge on any atom is 0.170 e. The highest BCUT2D eigenvalue weighted by Crippen LogP contribution is 2.09. The molecule has 0 radical (unpaired) electrons. The first-order valence-corrected chi connectivity index (χ1v) is 5.67. The van der Waals surface area contributed by atoms with Crippen LogP contribution in [0.4, 0.5) is 5.69 Å². The van der Waals surface area contributed by atoms with E-state index in [9.17, 15) is 0 Å². The number of anilines is 1. The van der Waals surface area contributed by atoms with E-state index in [0.717, 1.165) is 12.1 Å². The Morgan fingerprint density at radius 2 is 2.20 bits per heavy atom. The average Bonchev–Trinajstić information content (AvgIpc) is 2.17. The summed E-state index contributed by atoms with van der Waals surface area (Å²) in [5, 5.41) is 7.08. The molecular weight excluding hydrogens is 204 g/mol. The van der Waals surface area contributed by atoms with Crippen molar-refractivity contribution in [2.45, 2.75) is 33.2 Å². The van der Waals surface area contributed by atoms with Gasteiger partial charge in [-0.1, -0.05) is 19.1 Å². The summed E-state index contributed by atoms with van der Waals surface area (Å²) < 4.78 is 0. The standard InChI is InChI=1S/C12H18N2S/c1-4-10(3)13-12(15)14-11-7-5-6-9(2)8-11/h5-8,10H,4H2,1-3H3,(H2,13,14,15)/t10-/m0/s1. The van der Waals surface area contributed by atoms with E-state index in [2.05, 4.69) is 43.5 Å². The van der Waals surface area contributed by atoms with E-state index >= 15 is 0 Å². The quantitative estimate of drug-likeness (QED) is 0.769. The zero-order chi connectivity index (χ0) is 11.3. The van der Waals surface area contributed by atoms with Crippen molar-refractivity contribution in [3.63, 3.8) is 0 Å². The number of aryl methyl sites for hydroxylation is 1. The molecule has 0 bridgehead atoms. The van der Waals surface area contributed by atoms with E-state index in [1.54, 1.807) is 0 Å². The van der Waals surface area contributed by atoms with Gasteiger partial charge >= 0.3 is 0 Å². The maximum atomic E-state index is 5.20. The topological polar surface area (TPSA) is 24.1 Å². The van der Waals surface area contributed by atoms with Crippen LogP contribution in [-0.2, 0) is 0 Å². The van der Waals surface area contributed by atoms with Crippen LogP contribution >= 0.6 is 12.2 Å². The van der Waals surface area contributed by atoms with E-state index < -0.39 is 0 Å². The monoisotopic (exact) mass is 222 g/mol. The van der Waals surface area contributed by atoms with Crippen LogP contribution in [0, 0.1) is 6.92 Å². The van der Waals surface area contributed by atoms with Crippen molar-refractivity contribution in [3.05, 3.63) is 29.8 Å². The lowest BCUT2D eigenvalue weighted by Gasteiger charge is -2.15. The molecule has 0 aliphatic heterocycles. The van der Waals surface area contributed by atoms with E-state index in [0.29, 0.717) is 11.2 Å². The first kappa shape index (κ1) is 12.0. The highest BCUT2D eigenvalue weighted by Gasteiger charge is 2.01. The maximum absolute atomic E-state index is 5.20. The first-order chi connectivity index (χ1) is 7.11.